The van der Waals surface area contributed by atoms with E-state index < -0.39 is 5.97 Å². The fraction of sp³-hybridized carbons (Fsp3) is 0.250. The highest BCUT2D eigenvalue weighted by Gasteiger charge is 2.08. The van der Waals surface area contributed by atoms with Crippen molar-refractivity contribution in [2.24, 2.45) is 7.05 Å². The average Bonchev–Trinajstić information content (AvgIpc) is 2.77. The highest BCUT2D eigenvalue weighted by atomic mass is 16.4. The zero-order chi connectivity index (χ0) is 10.8. The van der Waals surface area contributed by atoms with Gasteiger partial charge in [0.05, 0.1) is 0 Å². The smallest absolute Gasteiger partial charge is 0.356 e. The summed E-state index contributed by atoms with van der Waals surface area (Å²) in [5.41, 5.74) is 0.0252. The maximum absolute atomic E-state index is 10.6. The molecule has 7 nitrogen and oxygen atoms in total. The van der Waals surface area contributed by atoms with Gasteiger partial charge in [-0.2, -0.15) is 5.10 Å². The summed E-state index contributed by atoms with van der Waals surface area (Å²) >= 11 is 0. The molecule has 0 spiro atoms. The number of aromatic nitrogens is 5. The lowest BCUT2D eigenvalue weighted by atomic mass is 10.5. The molecule has 7 heteroatoms. The number of aromatic carboxylic acids is 1. The Morgan fingerprint density at radius 3 is 2.93 bits per heavy atom. The molecule has 0 atom stereocenters. The third-order valence-electron chi connectivity index (χ3n) is 1.97. The van der Waals surface area contributed by atoms with Gasteiger partial charge in [0.1, 0.15) is 12.9 Å². The van der Waals surface area contributed by atoms with E-state index in [0.717, 1.165) is 5.82 Å². The van der Waals surface area contributed by atoms with Gasteiger partial charge in [0, 0.05) is 13.2 Å². The first-order valence-electron chi connectivity index (χ1n) is 4.26. The molecule has 0 bridgehead atoms. The second-order valence-corrected chi connectivity index (χ2v) is 3.06. The standard InChI is InChI=1S/C8H9N5O2/c1-12-5-9-10-7(12)4-13-3-2-6(11-13)8(14)15/h2-3,5H,4H2,1H3,(H,14,15). The number of hydrogen-bond donors (Lipinski definition) is 1. The summed E-state index contributed by atoms with van der Waals surface area (Å²) in [6, 6.07) is 1.44. The number of hydrogen-bond acceptors (Lipinski definition) is 4. The zero-order valence-corrected chi connectivity index (χ0v) is 8.03. The Hall–Kier alpha value is -2.18. The lowest BCUT2D eigenvalue weighted by Crippen LogP contribution is -2.07. The summed E-state index contributed by atoms with van der Waals surface area (Å²) in [6.07, 6.45) is 3.18. The molecule has 15 heavy (non-hydrogen) atoms. The number of carboxylic acids is 1. The number of carboxylic acid groups (broad SMARTS) is 1. The molecular formula is C8H9N5O2. The van der Waals surface area contributed by atoms with Gasteiger partial charge < -0.3 is 9.67 Å². The highest BCUT2D eigenvalue weighted by Crippen LogP contribution is 1.99. The van der Waals surface area contributed by atoms with Gasteiger partial charge in [-0.05, 0) is 6.07 Å². The van der Waals surface area contributed by atoms with Crippen LogP contribution in [0, 0.1) is 0 Å². The van der Waals surface area contributed by atoms with E-state index in [4.69, 9.17) is 5.11 Å². The van der Waals surface area contributed by atoms with Crippen molar-refractivity contribution in [1.29, 1.82) is 0 Å². The van der Waals surface area contributed by atoms with E-state index in [2.05, 4.69) is 15.3 Å². The first-order chi connectivity index (χ1) is 7.16. The first kappa shape index (κ1) is 9.38. The summed E-state index contributed by atoms with van der Waals surface area (Å²) in [5, 5.41) is 20.1. The van der Waals surface area contributed by atoms with Crippen LogP contribution in [0.4, 0.5) is 0 Å². The fourth-order valence-electron chi connectivity index (χ4n) is 1.16. The van der Waals surface area contributed by atoms with Crippen LogP contribution in [-0.2, 0) is 13.6 Å². The Morgan fingerprint density at radius 1 is 1.60 bits per heavy atom. The molecule has 0 radical (unpaired) electrons. The van der Waals surface area contributed by atoms with Crippen LogP contribution in [0.1, 0.15) is 16.3 Å². The molecule has 0 aliphatic rings. The Kier molecular flexibility index (Phi) is 2.20. The van der Waals surface area contributed by atoms with Crippen molar-refractivity contribution in [2.75, 3.05) is 0 Å². The molecule has 0 saturated heterocycles. The molecule has 2 aromatic heterocycles. The van der Waals surface area contributed by atoms with E-state index in [1.165, 1.54) is 10.7 Å². The Bertz CT molecular complexity index is 487. The third-order valence-corrected chi connectivity index (χ3v) is 1.97. The molecule has 78 valence electrons. The monoisotopic (exact) mass is 207 g/mol. The Labute approximate surface area is 85.0 Å². The number of aryl methyl sites for hydroxylation is 1. The summed E-state index contributed by atoms with van der Waals surface area (Å²) in [5.74, 6) is -0.318. The number of carbonyl (C=O) groups is 1. The average molecular weight is 207 g/mol. The van der Waals surface area contributed by atoms with E-state index in [-0.39, 0.29) is 5.69 Å². The van der Waals surface area contributed by atoms with E-state index in [9.17, 15) is 4.79 Å². The molecule has 0 aromatic carbocycles. The molecule has 0 fully saturated rings. The molecule has 0 aliphatic heterocycles. The quantitative estimate of drug-likeness (QED) is 0.750. The molecule has 0 aliphatic carbocycles. The van der Waals surface area contributed by atoms with Crippen LogP contribution in [0.2, 0.25) is 0 Å². The van der Waals surface area contributed by atoms with Crippen LogP contribution in [0.15, 0.2) is 18.6 Å². The van der Waals surface area contributed by atoms with Gasteiger partial charge in [0.2, 0.25) is 0 Å². The molecular weight excluding hydrogens is 198 g/mol. The van der Waals surface area contributed by atoms with Crippen molar-refractivity contribution < 1.29 is 9.90 Å². The second-order valence-electron chi connectivity index (χ2n) is 3.06. The van der Waals surface area contributed by atoms with Crippen LogP contribution in [-0.4, -0.2) is 35.6 Å². The van der Waals surface area contributed by atoms with Gasteiger partial charge in [0.25, 0.3) is 0 Å². The number of rotatable bonds is 3. The minimum Gasteiger partial charge on any atom is -0.476 e. The molecule has 0 amide bonds. The van der Waals surface area contributed by atoms with Crippen molar-refractivity contribution >= 4 is 5.97 Å². The van der Waals surface area contributed by atoms with Gasteiger partial charge in [-0.25, -0.2) is 4.79 Å². The largest absolute Gasteiger partial charge is 0.476 e. The molecule has 2 rings (SSSR count). The van der Waals surface area contributed by atoms with Crippen molar-refractivity contribution in [3.05, 3.63) is 30.1 Å². The Morgan fingerprint density at radius 2 is 2.40 bits per heavy atom. The highest BCUT2D eigenvalue weighted by molar-refractivity contribution is 5.84. The van der Waals surface area contributed by atoms with Gasteiger partial charge in [-0.15, -0.1) is 10.2 Å². The van der Waals surface area contributed by atoms with E-state index in [1.54, 1.807) is 17.1 Å². The van der Waals surface area contributed by atoms with Crippen molar-refractivity contribution in [3.8, 4) is 0 Å². The minimum atomic E-state index is -1.04. The SMILES string of the molecule is Cn1cnnc1Cn1ccc(C(=O)O)n1. The third kappa shape index (κ3) is 1.85. The maximum atomic E-state index is 10.6. The van der Waals surface area contributed by atoms with Crippen LogP contribution in [0.3, 0.4) is 0 Å². The predicted octanol–water partition coefficient (Wildman–Crippen LogP) is -0.242. The van der Waals surface area contributed by atoms with Crippen LogP contribution >= 0.6 is 0 Å². The zero-order valence-electron chi connectivity index (χ0n) is 8.03. The van der Waals surface area contributed by atoms with E-state index in [1.807, 2.05) is 7.05 Å². The summed E-state index contributed by atoms with van der Waals surface area (Å²) in [7, 11) is 1.82. The van der Waals surface area contributed by atoms with Gasteiger partial charge in [-0.1, -0.05) is 0 Å². The van der Waals surface area contributed by atoms with Gasteiger partial charge in [-0.3, -0.25) is 4.68 Å². The van der Waals surface area contributed by atoms with E-state index in [0.29, 0.717) is 6.54 Å². The summed E-state index contributed by atoms with van der Waals surface area (Å²) < 4.78 is 3.26. The lowest BCUT2D eigenvalue weighted by molar-refractivity contribution is 0.0689. The van der Waals surface area contributed by atoms with Crippen LogP contribution < -0.4 is 0 Å². The molecule has 0 unspecified atom stereocenters. The molecule has 2 heterocycles. The summed E-state index contributed by atoms with van der Waals surface area (Å²) in [6.45, 7) is 0.407. The maximum Gasteiger partial charge on any atom is 0.356 e. The van der Waals surface area contributed by atoms with Crippen molar-refractivity contribution in [2.45, 2.75) is 6.54 Å². The molecule has 2 aromatic rings. The second kappa shape index (κ2) is 3.52. The fourth-order valence-corrected chi connectivity index (χ4v) is 1.16. The predicted molar refractivity (Wildman–Crippen MR) is 49.3 cm³/mol. The molecule has 1 N–H and O–H groups in total. The minimum absolute atomic E-state index is 0.0252. The van der Waals surface area contributed by atoms with Crippen molar-refractivity contribution in [3.63, 3.8) is 0 Å². The van der Waals surface area contributed by atoms with Gasteiger partial charge >= 0.3 is 5.97 Å². The Balaban J connectivity index is 2.18. The van der Waals surface area contributed by atoms with Crippen LogP contribution in [0.25, 0.3) is 0 Å². The lowest BCUT2D eigenvalue weighted by Gasteiger charge is -1.99. The normalized spacial score (nSPS) is 10.5. The van der Waals surface area contributed by atoms with E-state index >= 15 is 0 Å². The van der Waals surface area contributed by atoms with Crippen molar-refractivity contribution in [1.82, 2.24) is 24.5 Å². The molecule has 0 saturated carbocycles. The van der Waals surface area contributed by atoms with Crippen LogP contribution in [0.5, 0.6) is 0 Å². The first-order valence-corrected chi connectivity index (χ1v) is 4.26. The summed E-state index contributed by atoms with van der Waals surface area (Å²) in [4.78, 5) is 10.6. The number of nitrogens with zero attached hydrogens (tertiary/aromatic N) is 5. The topological polar surface area (TPSA) is 85.8 Å². The van der Waals surface area contributed by atoms with Gasteiger partial charge in [0.15, 0.2) is 11.5 Å².